The standard InChI is InChI=1S/C13H12ClF2N3/c1-6-4-5-9(15)11(10(6)16)19-13-12(14)17-7(2)8(3)18-13/h4-5H,1-3H3,(H,18,19). The molecule has 0 aliphatic heterocycles. The van der Waals surface area contributed by atoms with E-state index in [4.69, 9.17) is 11.6 Å². The largest absolute Gasteiger partial charge is 0.333 e. The molecule has 19 heavy (non-hydrogen) atoms. The van der Waals surface area contributed by atoms with E-state index in [0.717, 1.165) is 0 Å². The van der Waals surface area contributed by atoms with Crippen LogP contribution in [0.3, 0.4) is 0 Å². The fourth-order valence-electron chi connectivity index (χ4n) is 1.55. The van der Waals surface area contributed by atoms with E-state index in [0.29, 0.717) is 17.0 Å². The summed E-state index contributed by atoms with van der Waals surface area (Å²) in [7, 11) is 0. The lowest BCUT2D eigenvalue weighted by Gasteiger charge is -2.11. The predicted molar refractivity (Wildman–Crippen MR) is 70.9 cm³/mol. The predicted octanol–water partition coefficient (Wildman–Crippen LogP) is 4.08. The van der Waals surface area contributed by atoms with Crippen LogP contribution in [0.5, 0.6) is 0 Å². The third-order valence-electron chi connectivity index (χ3n) is 2.79. The maximum Gasteiger partial charge on any atom is 0.172 e. The van der Waals surface area contributed by atoms with Gasteiger partial charge in [0.25, 0.3) is 0 Å². The van der Waals surface area contributed by atoms with Crippen molar-refractivity contribution in [3.05, 3.63) is 45.9 Å². The average Bonchev–Trinajstić information content (AvgIpc) is 2.36. The Hall–Kier alpha value is -1.75. The van der Waals surface area contributed by atoms with E-state index >= 15 is 0 Å². The lowest BCUT2D eigenvalue weighted by atomic mass is 10.2. The van der Waals surface area contributed by atoms with Gasteiger partial charge in [0.2, 0.25) is 0 Å². The van der Waals surface area contributed by atoms with E-state index in [1.54, 1.807) is 20.8 Å². The zero-order chi connectivity index (χ0) is 14.2. The zero-order valence-corrected chi connectivity index (χ0v) is 11.4. The van der Waals surface area contributed by atoms with E-state index < -0.39 is 11.6 Å². The van der Waals surface area contributed by atoms with Gasteiger partial charge in [0.05, 0.1) is 11.4 Å². The molecule has 3 nitrogen and oxygen atoms in total. The smallest absolute Gasteiger partial charge is 0.172 e. The number of hydrogen-bond donors (Lipinski definition) is 1. The number of nitrogens with one attached hydrogen (secondary N) is 1. The van der Waals surface area contributed by atoms with Crippen LogP contribution in [0.2, 0.25) is 5.15 Å². The molecule has 0 bridgehead atoms. The highest BCUT2D eigenvalue weighted by atomic mass is 35.5. The number of rotatable bonds is 2. The second-order valence-electron chi connectivity index (χ2n) is 4.21. The molecule has 0 amide bonds. The molecule has 2 aromatic rings. The zero-order valence-electron chi connectivity index (χ0n) is 10.7. The van der Waals surface area contributed by atoms with Crippen molar-refractivity contribution in [3.8, 4) is 0 Å². The van der Waals surface area contributed by atoms with Gasteiger partial charge in [-0.1, -0.05) is 17.7 Å². The molecule has 0 saturated carbocycles. The molecule has 0 atom stereocenters. The van der Waals surface area contributed by atoms with Crippen molar-refractivity contribution >= 4 is 23.1 Å². The fourth-order valence-corrected chi connectivity index (χ4v) is 1.76. The minimum Gasteiger partial charge on any atom is -0.333 e. The number of anilines is 2. The van der Waals surface area contributed by atoms with E-state index in [-0.39, 0.29) is 16.7 Å². The lowest BCUT2D eigenvalue weighted by Crippen LogP contribution is -2.04. The highest BCUT2D eigenvalue weighted by molar-refractivity contribution is 6.31. The van der Waals surface area contributed by atoms with E-state index in [2.05, 4.69) is 15.3 Å². The summed E-state index contributed by atoms with van der Waals surface area (Å²) in [6.45, 7) is 5.05. The third kappa shape index (κ3) is 2.66. The first-order chi connectivity index (χ1) is 8.90. The van der Waals surface area contributed by atoms with Crippen molar-refractivity contribution in [1.82, 2.24) is 9.97 Å². The summed E-state index contributed by atoms with van der Waals surface area (Å²) in [5, 5.41) is 2.63. The minimum absolute atomic E-state index is 0.0726. The van der Waals surface area contributed by atoms with Crippen LogP contribution in [0.1, 0.15) is 17.0 Å². The Labute approximate surface area is 114 Å². The molecular formula is C13H12ClF2N3. The van der Waals surface area contributed by atoms with E-state index in [1.165, 1.54) is 12.1 Å². The van der Waals surface area contributed by atoms with Gasteiger partial charge in [-0.05, 0) is 32.4 Å². The van der Waals surface area contributed by atoms with Gasteiger partial charge in [-0.2, -0.15) is 0 Å². The quantitative estimate of drug-likeness (QED) is 0.902. The summed E-state index contributed by atoms with van der Waals surface area (Å²) < 4.78 is 27.5. The Kier molecular flexibility index (Phi) is 3.66. The van der Waals surface area contributed by atoms with Crippen molar-refractivity contribution in [2.75, 3.05) is 5.32 Å². The Balaban J connectivity index is 2.48. The van der Waals surface area contributed by atoms with Crippen LogP contribution in [-0.2, 0) is 0 Å². The molecule has 0 unspecified atom stereocenters. The maximum absolute atomic E-state index is 13.9. The summed E-state index contributed by atoms with van der Waals surface area (Å²) >= 11 is 5.91. The summed E-state index contributed by atoms with van der Waals surface area (Å²) in [5.41, 5.74) is 1.36. The molecule has 0 saturated heterocycles. The van der Waals surface area contributed by atoms with Gasteiger partial charge in [-0.3, -0.25) is 0 Å². The summed E-state index contributed by atoms with van der Waals surface area (Å²) in [6.07, 6.45) is 0. The van der Waals surface area contributed by atoms with E-state index in [1.807, 2.05) is 0 Å². The van der Waals surface area contributed by atoms with Crippen LogP contribution in [0, 0.1) is 32.4 Å². The van der Waals surface area contributed by atoms with Crippen molar-refractivity contribution in [2.24, 2.45) is 0 Å². The summed E-state index contributed by atoms with van der Waals surface area (Å²) in [6, 6.07) is 2.55. The van der Waals surface area contributed by atoms with Crippen LogP contribution in [-0.4, -0.2) is 9.97 Å². The average molecular weight is 284 g/mol. The second kappa shape index (κ2) is 5.09. The molecule has 1 N–H and O–H groups in total. The monoisotopic (exact) mass is 283 g/mol. The normalized spacial score (nSPS) is 10.6. The Morgan fingerprint density at radius 2 is 1.68 bits per heavy atom. The van der Waals surface area contributed by atoms with Crippen LogP contribution in [0.4, 0.5) is 20.3 Å². The highest BCUT2D eigenvalue weighted by Crippen LogP contribution is 2.28. The number of halogens is 3. The van der Waals surface area contributed by atoms with E-state index in [9.17, 15) is 8.78 Å². The molecule has 1 aromatic carbocycles. The molecule has 6 heteroatoms. The number of hydrogen-bond acceptors (Lipinski definition) is 3. The van der Waals surface area contributed by atoms with Crippen LogP contribution < -0.4 is 5.32 Å². The first kappa shape index (κ1) is 13.7. The minimum atomic E-state index is -0.709. The van der Waals surface area contributed by atoms with Gasteiger partial charge in [0, 0.05) is 0 Å². The first-order valence-corrected chi connectivity index (χ1v) is 6.00. The number of aryl methyl sites for hydroxylation is 3. The highest BCUT2D eigenvalue weighted by Gasteiger charge is 2.15. The molecule has 1 aromatic heterocycles. The van der Waals surface area contributed by atoms with Gasteiger partial charge in [0.15, 0.2) is 16.8 Å². The van der Waals surface area contributed by atoms with Gasteiger partial charge in [-0.25, -0.2) is 18.7 Å². The second-order valence-corrected chi connectivity index (χ2v) is 4.57. The van der Waals surface area contributed by atoms with Crippen molar-refractivity contribution < 1.29 is 8.78 Å². The number of nitrogens with zero attached hydrogens (tertiary/aromatic N) is 2. The summed E-state index contributed by atoms with van der Waals surface area (Å²) in [5.74, 6) is -1.25. The Morgan fingerprint density at radius 3 is 2.37 bits per heavy atom. The molecule has 0 fully saturated rings. The topological polar surface area (TPSA) is 37.8 Å². The van der Waals surface area contributed by atoms with Crippen molar-refractivity contribution in [3.63, 3.8) is 0 Å². The van der Waals surface area contributed by atoms with Crippen molar-refractivity contribution in [2.45, 2.75) is 20.8 Å². The Bertz CT molecular complexity index is 644. The van der Waals surface area contributed by atoms with Gasteiger partial charge >= 0.3 is 0 Å². The lowest BCUT2D eigenvalue weighted by molar-refractivity contribution is 0.584. The summed E-state index contributed by atoms with van der Waals surface area (Å²) in [4.78, 5) is 8.19. The molecule has 100 valence electrons. The third-order valence-corrected chi connectivity index (χ3v) is 3.06. The van der Waals surface area contributed by atoms with Crippen LogP contribution in [0.25, 0.3) is 0 Å². The van der Waals surface area contributed by atoms with Gasteiger partial charge in [0.1, 0.15) is 11.5 Å². The molecule has 0 aliphatic carbocycles. The van der Waals surface area contributed by atoms with Gasteiger partial charge < -0.3 is 5.32 Å². The van der Waals surface area contributed by atoms with Crippen LogP contribution in [0.15, 0.2) is 12.1 Å². The SMILES string of the molecule is Cc1ccc(F)c(Nc2nc(C)c(C)nc2Cl)c1F. The maximum atomic E-state index is 13.9. The van der Waals surface area contributed by atoms with Crippen molar-refractivity contribution in [1.29, 1.82) is 0 Å². The van der Waals surface area contributed by atoms with Crippen LogP contribution >= 0.6 is 11.6 Å². The number of benzene rings is 1. The molecular weight excluding hydrogens is 272 g/mol. The fraction of sp³-hybridized carbons (Fsp3) is 0.231. The van der Waals surface area contributed by atoms with Gasteiger partial charge in [-0.15, -0.1) is 0 Å². The molecule has 2 rings (SSSR count). The Morgan fingerprint density at radius 1 is 1.05 bits per heavy atom. The molecule has 1 heterocycles. The number of aromatic nitrogens is 2. The molecule has 0 aliphatic rings. The molecule has 0 radical (unpaired) electrons. The first-order valence-electron chi connectivity index (χ1n) is 5.62. The molecule has 0 spiro atoms.